The zero-order valence-corrected chi connectivity index (χ0v) is 47.4. The van der Waals surface area contributed by atoms with Gasteiger partial charge < -0.3 is 14.2 Å². The lowest BCUT2D eigenvalue weighted by Crippen LogP contribution is -2.30. The van der Waals surface area contributed by atoms with E-state index in [4.69, 9.17) is 14.2 Å². The van der Waals surface area contributed by atoms with Gasteiger partial charge in [0.15, 0.2) is 6.10 Å². The fraction of sp³-hybridized carbons (Fsp3) is 0.742. The molecule has 1 unspecified atom stereocenters. The Morgan fingerprint density at radius 2 is 0.542 bits per heavy atom. The van der Waals surface area contributed by atoms with Crippen molar-refractivity contribution in [3.05, 3.63) is 85.1 Å². The van der Waals surface area contributed by atoms with Crippen molar-refractivity contribution in [1.82, 2.24) is 0 Å². The van der Waals surface area contributed by atoms with Gasteiger partial charge in [-0.25, -0.2) is 0 Å². The number of carbonyl (C=O) groups excluding carboxylic acids is 3. The molecule has 0 bridgehead atoms. The Morgan fingerprint density at radius 1 is 0.292 bits per heavy atom. The third-order valence-electron chi connectivity index (χ3n) is 13.1. The minimum Gasteiger partial charge on any atom is -0.462 e. The van der Waals surface area contributed by atoms with Crippen LogP contribution in [0.15, 0.2) is 85.1 Å². The summed E-state index contributed by atoms with van der Waals surface area (Å²) in [5.74, 6) is -0.915. The molecule has 6 heteroatoms. The average Bonchev–Trinajstić information content (AvgIpc) is 3.38. The number of rotatable bonds is 55. The van der Waals surface area contributed by atoms with Gasteiger partial charge >= 0.3 is 17.9 Å². The van der Waals surface area contributed by atoms with E-state index in [1.165, 1.54) is 148 Å². The fourth-order valence-electron chi connectivity index (χ4n) is 8.52. The lowest BCUT2D eigenvalue weighted by molar-refractivity contribution is -0.167. The Bertz CT molecular complexity index is 1380. The lowest BCUT2D eigenvalue weighted by Gasteiger charge is -2.18. The summed E-state index contributed by atoms with van der Waals surface area (Å²) in [6.07, 6.45) is 78.7. The third kappa shape index (κ3) is 57.5. The van der Waals surface area contributed by atoms with Crippen LogP contribution in [-0.2, 0) is 28.6 Å². The van der Waals surface area contributed by atoms with E-state index in [9.17, 15) is 14.4 Å². The first-order chi connectivity index (χ1) is 35.5. The van der Waals surface area contributed by atoms with Gasteiger partial charge in [-0.2, -0.15) is 0 Å². The Kier molecular flexibility index (Phi) is 57.3. The van der Waals surface area contributed by atoms with E-state index in [1.54, 1.807) is 0 Å². The predicted molar refractivity (Wildman–Crippen MR) is 311 cm³/mol. The van der Waals surface area contributed by atoms with Crippen molar-refractivity contribution in [1.29, 1.82) is 0 Å². The molecular weight excluding hydrogens is 889 g/mol. The molecule has 0 radical (unpaired) electrons. The van der Waals surface area contributed by atoms with Gasteiger partial charge in [0.2, 0.25) is 0 Å². The zero-order chi connectivity index (χ0) is 52.2. The summed E-state index contributed by atoms with van der Waals surface area (Å²) in [5, 5.41) is 0. The van der Waals surface area contributed by atoms with Crippen LogP contribution in [0.2, 0.25) is 0 Å². The number of unbranched alkanes of at least 4 members (excludes halogenated alkanes) is 30. The Morgan fingerprint density at radius 3 is 0.889 bits per heavy atom. The van der Waals surface area contributed by atoms with Crippen molar-refractivity contribution >= 4 is 17.9 Å². The van der Waals surface area contributed by atoms with Crippen LogP contribution in [0.5, 0.6) is 0 Å². The molecule has 0 amide bonds. The Balaban J connectivity index is 4.31. The zero-order valence-electron chi connectivity index (χ0n) is 47.4. The van der Waals surface area contributed by atoms with Crippen molar-refractivity contribution in [2.24, 2.45) is 0 Å². The molecule has 0 spiro atoms. The Labute approximate surface area is 445 Å². The smallest absolute Gasteiger partial charge is 0.306 e. The molecule has 0 rings (SSSR count). The molecule has 0 N–H and O–H groups in total. The number of esters is 3. The van der Waals surface area contributed by atoms with Crippen molar-refractivity contribution in [2.45, 2.75) is 303 Å². The molecule has 0 fully saturated rings. The molecule has 414 valence electrons. The Hall–Kier alpha value is -3.41. The number of hydrogen-bond acceptors (Lipinski definition) is 6. The van der Waals surface area contributed by atoms with Gasteiger partial charge in [0.1, 0.15) is 13.2 Å². The second-order valence-corrected chi connectivity index (χ2v) is 20.2. The summed E-state index contributed by atoms with van der Waals surface area (Å²) in [6, 6.07) is 0. The van der Waals surface area contributed by atoms with Gasteiger partial charge in [0, 0.05) is 19.3 Å². The van der Waals surface area contributed by atoms with E-state index < -0.39 is 6.10 Å². The summed E-state index contributed by atoms with van der Waals surface area (Å²) in [4.78, 5) is 38.2. The summed E-state index contributed by atoms with van der Waals surface area (Å²) in [5.41, 5.74) is 0. The topological polar surface area (TPSA) is 78.9 Å². The maximum Gasteiger partial charge on any atom is 0.306 e. The quantitative estimate of drug-likeness (QED) is 0.0261. The van der Waals surface area contributed by atoms with Crippen LogP contribution in [0.4, 0.5) is 0 Å². The van der Waals surface area contributed by atoms with Crippen LogP contribution >= 0.6 is 0 Å². The molecule has 1 atom stereocenters. The molecule has 72 heavy (non-hydrogen) atoms. The molecule has 0 aromatic rings. The van der Waals surface area contributed by atoms with E-state index >= 15 is 0 Å². The standard InChI is InChI=1S/C66H114O6/c1-4-7-10-13-16-19-22-25-27-29-30-31-32-33-34-35-36-38-39-41-44-47-50-53-56-59-65(68)71-62-63(61-70-64(67)58-55-52-49-46-43-24-21-18-15-12-9-6-3)72-66(69)60-57-54-51-48-45-42-40-37-28-26-23-20-17-14-11-8-5-2/h8,11,17-18,20-22,25-26,28-30,40,42,63H,4-7,9-10,12-16,19,23-24,27,31-39,41,43-62H2,1-3H3/b11-8-,20-17-,21-18-,25-22-,28-26-,30-29-,42-40-. The van der Waals surface area contributed by atoms with Gasteiger partial charge in [0.25, 0.3) is 0 Å². The first kappa shape index (κ1) is 68.6. The minimum atomic E-state index is -0.793. The lowest BCUT2D eigenvalue weighted by atomic mass is 10.0. The molecule has 0 aromatic heterocycles. The SMILES string of the molecule is CC/C=C\C/C=C\C/C=C\C/C=C\CCCCCCC(=O)OC(COC(=O)CCCCCCC/C=C\CCCCC)COC(=O)CCCCCCCCCCCCCCC/C=C\C/C=C\CCCCCCC. The van der Waals surface area contributed by atoms with Crippen molar-refractivity contribution in [3.63, 3.8) is 0 Å². The largest absolute Gasteiger partial charge is 0.462 e. The molecule has 0 saturated heterocycles. The van der Waals surface area contributed by atoms with Crippen molar-refractivity contribution < 1.29 is 28.6 Å². The van der Waals surface area contributed by atoms with Crippen molar-refractivity contribution in [3.8, 4) is 0 Å². The van der Waals surface area contributed by atoms with Gasteiger partial charge in [-0.1, -0.05) is 247 Å². The molecule has 0 saturated carbocycles. The van der Waals surface area contributed by atoms with Crippen LogP contribution < -0.4 is 0 Å². The van der Waals surface area contributed by atoms with Gasteiger partial charge in [0.05, 0.1) is 0 Å². The van der Waals surface area contributed by atoms with E-state index in [-0.39, 0.29) is 31.1 Å². The number of ether oxygens (including phenoxy) is 3. The summed E-state index contributed by atoms with van der Waals surface area (Å²) in [6.45, 7) is 6.48. The molecule has 6 nitrogen and oxygen atoms in total. The number of carbonyl (C=O) groups is 3. The molecule has 0 heterocycles. The average molecular weight is 1000 g/mol. The van der Waals surface area contributed by atoms with Gasteiger partial charge in [-0.15, -0.1) is 0 Å². The predicted octanol–water partition coefficient (Wildman–Crippen LogP) is 20.7. The highest BCUT2D eigenvalue weighted by atomic mass is 16.6. The maximum absolute atomic E-state index is 12.9. The highest BCUT2D eigenvalue weighted by Crippen LogP contribution is 2.16. The molecule has 0 aromatic carbocycles. The fourth-order valence-corrected chi connectivity index (χ4v) is 8.52. The molecular formula is C66H114O6. The number of allylic oxidation sites excluding steroid dienone is 14. The van der Waals surface area contributed by atoms with E-state index in [0.717, 1.165) is 109 Å². The van der Waals surface area contributed by atoms with E-state index in [2.05, 4.69) is 106 Å². The second kappa shape index (κ2) is 60.1. The second-order valence-electron chi connectivity index (χ2n) is 20.2. The maximum atomic E-state index is 12.9. The summed E-state index contributed by atoms with van der Waals surface area (Å²) in [7, 11) is 0. The third-order valence-corrected chi connectivity index (χ3v) is 13.1. The van der Waals surface area contributed by atoms with E-state index in [0.29, 0.717) is 19.3 Å². The van der Waals surface area contributed by atoms with Crippen LogP contribution in [0, 0.1) is 0 Å². The molecule has 0 aliphatic rings. The monoisotopic (exact) mass is 1000 g/mol. The van der Waals surface area contributed by atoms with Crippen molar-refractivity contribution in [2.75, 3.05) is 13.2 Å². The van der Waals surface area contributed by atoms with Gasteiger partial charge in [-0.3, -0.25) is 14.4 Å². The van der Waals surface area contributed by atoms with Gasteiger partial charge in [-0.05, 0) is 116 Å². The number of hydrogen-bond donors (Lipinski definition) is 0. The summed E-state index contributed by atoms with van der Waals surface area (Å²) >= 11 is 0. The van der Waals surface area contributed by atoms with Crippen LogP contribution in [-0.4, -0.2) is 37.2 Å². The van der Waals surface area contributed by atoms with Crippen LogP contribution in [0.3, 0.4) is 0 Å². The van der Waals surface area contributed by atoms with E-state index in [1.807, 2.05) is 0 Å². The highest BCUT2D eigenvalue weighted by molar-refractivity contribution is 5.71. The molecule has 0 aliphatic carbocycles. The van der Waals surface area contributed by atoms with Crippen LogP contribution in [0.1, 0.15) is 297 Å². The summed E-state index contributed by atoms with van der Waals surface area (Å²) < 4.78 is 16.9. The highest BCUT2D eigenvalue weighted by Gasteiger charge is 2.19. The molecule has 0 aliphatic heterocycles. The first-order valence-electron chi connectivity index (χ1n) is 30.6. The van der Waals surface area contributed by atoms with Crippen LogP contribution in [0.25, 0.3) is 0 Å². The first-order valence-corrected chi connectivity index (χ1v) is 30.6. The minimum absolute atomic E-state index is 0.0887. The normalized spacial score (nSPS) is 12.7.